The molecule has 6 atom stereocenters. The molecule has 0 saturated carbocycles. The third-order valence-electron chi connectivity index (χ3n) is 6.69. The standard InChI is InChI=1S/C21H30ClN4O4S/c1-11-17-16(12(2)28)21(30)26(17)18(20(22)29)19(11)31-15-6-13(23-7-15)4-5-25-10-24(3)8-14(25)9-27/h8,10-13,15-17,23,27-28H,4-7,9H2,1-3H3/q+1/t11-,12-,13-,15+,16-,17-/m1/s1. The Morgan fingerprint density at radius 3 is 2.87 bits per heavy atom. The lowest BCUT2D eigenvalue weighted by atomic mass is 9.79. The minimum absolute atomic E-state index is 0.0164. The van der Waals surface area contributed by atoms with E-state index in [1.165, 1.54) is 4.90 Å². The number of fused-ring (bicyclic) bond motifs is 1. The highest BCUT2D eigenvalue weighted by Crippen LogP contribution is 2.52. The molecule has 1 amide bonds. The van der Waals surface area contributed by atoms with Crippen LogP contribution in [0.4, 0.5) is 0 Å². The van der Waals surface area contributed by atoms with Crippen LogP contribution in [0, 0.1) is 11.8 Å². The van der Waals surface area contributed by atoms with Gasteiger partial charge in [0.25, 0.3) is 5.24 Å². The Morgan fingerprint density at radius 1 is 1.48 bits per heavy atom. The molecule has 0 spiro atoms. The zero-order chi connectivity index (χ0) is 22.4. The highest BCUT2D eigenvalue weighted by Gasteiger charge is 2.59. The number of carbonyl (C=O) groups excluding carboxylic acids is 2. The number of aliphatic hydroxyl groups excluding tert-OH is 2. The smallest absolute Gasteiger partial charge is 0.269 e. The lowest BCUT2D eigenvalue weighted by Gasteiger charge is -2.46. The summed E-state index contributed by atoms with van der Waals surface area (Å²) in [5.74, 6) is -0.711. The number of thioether (sulfide) groups is 1. The van der Waals surface area contributed by atoms with Gasteiger partial charge in [0, 0.05) is 35.1 Å². The number of imidazole rings is 1. The van der Waals surface area contributed by atoms with Crippen LogP contribution in [0.5, 0.6) is 0 Å². The maximum Gasteiger partial charge on any atom is 0.269 e. The Kier molecular flexibility index (Phi) is 6.52. The number of hydrogen-bond acceptors (Lipinski definition) is 6. The second-order valence-electron chi connectivity index (χ2n) is 8.86. The van der Waals surface area contributed by atoms with E-state index in [2.05, 4.69) is 9.88 Å². The minimum Gasteiger partial charge on any atom is -0.393 e. The molecule has 0 bridgehead atoms. The number of aliphatic hydroxyl groups is 2. The number of halogens is 1. The molecule has 1 aromatic rings. The van der Waals surface area contributed by atoms with E-state index in [1.54, 1.807) is 18.7 Å². The van der Waals surface area contributed by atoms with Gasteiger partial charge in [-0.25, -0.2) is 9.13 Å². The van der Waals surface area contributed by atoms with Gasteiger partial charge in [0.1, 0.15) is 18.5 Å². The van der Waals surface area contributed by atoms with Crippen LogP contribution in [-0.2, 0) is 29.8 Å². The predicted molar refractivity (Wildman–Crippen MR) is 117 cm³/mol. The number of amides is 1. The first-order chi connectivity index (χ1) is 14.7. The zero-order valence-electron chi connectivity index (χ0n) is 18.0. The zero-order valence-corrected chi connectivity index (χ0v) is 19.6. The highest BCUT2D eigenvalue weighted by molar-refractivity contribution is 8.03. The van der Waals surface area contributed by atoms with E-state index >= 15 is 0 Å². The van der Waals surface area contributed by atoms with Crippen LogP contribution in [0.1, 0.15) is 32.4 Å². The molecule has 3 aliphatic rings. The monoisotopic (exact) mass is 469 g/mol. The lowest BCUT2D eigenvalue weighted by molar-refractivity contribution is -0.671. The lowest BCUT2D eigenvalue weighted by Crippen LogP contribution is -2.63. The first-order valence-electron chi connectivity index (χ1n) is 10.7. The summed E-state index contributed by atoms with van der Waals surface area (Å²) in [6.07, 6.45) is 5.04. The van der Waals surface area contributed by atoms with Gasteiger partial charge in [0.05, 0.1) is 31.7 Å². The Labute approximate surface area is 191 Å². The van der Waals surface area contributed by atoms with Gasteiger partial charge in [-0.3, -0.25) is 9.59 Å². The van der Waals surface area contributed by atoms with Crippen LogP contribution in [0.3, 0.4) is 0 Å². The van der Waals surface area contributed by atoms with Crippen LogP contribution in [0.25, 0.3) is 0 Å². The molecule has 4 heterocycles. The molecule has 10 heteroatoms. The van der Waals surface area contributed by atoms with Crippen molar-refractivity contribution in [2.75, 3.05) is 6.54 Å². The Balaban J connectivity index is 1.40. The molecule has 3 aliphatic heterocycles. The number of allylic oxidation sites excluding steroid dienone is 1. The fourth-order valence-corrected chi connectivity index (χ4v) is 6.97. The van der Waals surface area contributed by atoms with Gasteiger partial charge in [0.2, 0.25) is 12.2 Å². The number of rotatable bonds is 8. The van der Waals surface area contributed by atoms with E-state index in [0.29, 0.717) is 11.7 Å². The summed E-state index contributed by atoms with van der Waals surface area (Å²) in [5, 5.41) is 22.8. The highest BCUT2D eigenvalue weighted by atomic mass is 35.5. The molecule has 8 nitrogen and oxygen atoms in total. The molecule has 2 saturated heterocycles. The summed E-state index contributed by atoms with van der Waals surface area (Å²) in [6, 6.07) is 0.150. The second-order valence-corrected chi connectivity index (χ2v) is 10.5. The Morgan fingerprint density at radius 2 is 2.23 bits per heavy atom. The molecule has 2 fully saturated rings. The van der Waals surface area contributed by atoms with E-state index in [0.717, 1.165) is 36.5 Å². The van der Waals surface area contributed by atoms with Crippen molar-refractivity contribution in [2.45, 2.75) is 63.3 Å². The molecule has 0 unspecified atom stereocenters. The third-order valence-corrected chi connectivity index (χ3v) is 8.38. The van der Waals surface area contributed by atoms with Gasteiger partial charge in [0.15, 0.2) is 5.69 Å². The minimum atomic E-state index is -0.746. The topological polar surface area (TPSA) is 98.7 Å². The van der Waals surface area contributed by atoms with E-state index in [9.17, 15) is 19.8 Å². The van der Waals surface area contributed by atoms with Gasteiger partial charge >= 0.3 is 0 Å². The van der Waals surface area contributed by atoms with E-state index in [-0.39, 0.29) is 29.7 Å². The first-order valence-corrected chi connectivity index (χ1v) is 12.0. The van der Waals surface area contributed by atoms with Crippen molar-refractivity contribution in [2.24, 2.45) is 18.9 Å². The van der Waals surface area contributed by atoms with Crippen molar-refractivity contribution in [3.63, 3.8) is 0 Å². The SMILES string of the molecule is C[C@@H](O)[C@H]1C(=O)N2C(C(=O)Cl)=C(S[C@@H]3CN[C@H](CCn4c[n+](C)cc4CO)C3)[C@H](C)[C@H]12. The molecule has 31 heavy (non-hydrogen) atoms. The number of nitrogens with one attached hydrogen (secondary N) is 1. The van der Waals surface area contributed by atoms with Crippen molar-refractivity contribution in [1.82, 2.24) is 14.8 Å². The summed E-state index contributed by atoms with van der Waals surface area (Å²) in [4.78, 5) is 27.1. The van der Waals surface area contributed by atoms with Gasteiger partial charge in [-0.1, -0.05) is 6.92 Å². The number of aryl methyl sites for hydroxylation is 2. The summed E-state index contributed by atoms with van der Waals surface area (Å²) in [5.41, 5.74) is 1.20. The quantitative estimate of drug-likeness (QED) is 0.291. The van der Waals surface area contributed by atoms with E-state index < -0.39 is 17.3 Å². The molecular weight excluding hydrogens is 440 g/mol. The van der Waals surface area contributed by atoms with Gasteiger partial charge in [-0.2, -0.15) is 0 Å². The summed E-state index contributed by atoms with van der Waals surface area (Å²) in [7, 11) is 1.94. The number of nitrogens with zero attached hydrogens (tertiary/aromatic N) is 3. The second kappa shape index (κ2) is 8.86. The fourth-order valence-electron chi connectivity index (χ4n) is 5.20. The molecule has 1 aromatic heterocycles. The normalized spacial score (nSPS) is 31.2. The number of aromatic nitrogens is 2. The molecule has 4 rings (SSSR count). The van der Waals surface area contributed by atoms with Crippen LogP contribution in [-0.4, -0.2) is 60.8 Å². The van der Waals surface area contributed by atoms with Crippen molar-refractivity contribution in [1.29, 1.82) is 0 Å². The largest absolute Gasteiger partial charge is 0.393 e. The van der Waals surface area contributed by atoms with Gasteiger partial charge in [-0.05, 0) is 24.9 Å². The van der Waals surface area contributed by atoms with Crippen LogP contribution in [0.15, 0.2) is 23.1 Å². The third kappa shape index (κ3) is 4.06. The molecular formula is C21H30ClN4O4S+. The van der Waals surface area contributed by atoms with Crippen molar-refractivity contribution in [3.05, 3.63) is 28.8 Å². The summed E-state index contributed by atoms with van der Waals surface area (Å²) in [6.45, 7) is 5.29. The van der Waals surface area contributed by atoms with Crippen molar-refractivity contribution < 1.29 is 24.4 Å². The van der Waals surface area contributed by atoms with E-state index in [4.69, 9.17) is 11.6 Å². The fraction of sp³-hybridized carbons (Fsp3) is 0.667. The molecule has 3 N–H and O–H groups in total. The maximum absolute atomic E-state index is 12.5. The first kappa shape index (κ1) is 22.8. The molecule has 0 radical (unpaired) electrons. The van der Waals surface area contributed by atoms with E-state index in [1.807, 2.05) is 31.1 Å². The van der Waals surface area contributed by atoms with Crippen LogP contribution < -0.4 is 9.88 Å². The number of β-lactam (4-membered cyclic amide) rings is 1. The molecule has 0 aromatic carbocycles. The summed E-state index contributed by atoms with van der Waals surface area (Å²) >= 11 is 7.53. The van der Waals surface area contributed by atoms with Crippen LogP contribution >= 0.6 is 23.4 Å². The Hall–Kier alpha value is -1.39. The molecule has 170 valence electrons. The average molecular weight is 470 g/mol. The van der Waals surface area contributed by atoms with Crippen molar-refractivity contribution >= 4 is 34.5 Å². The van der Waals surface area contributed by atoms with Gasteiger partial charge in [-0.15, -0.1) is 11.8 Å². The average Bonchev–Trinajstić information content (AvgIpc) is 3.36. The Bertz CT molecular complexity index is 917. The number of carbonyl (C=O) groups is 2. The number of hydrogen-bond donors (Lipinski definition) is 3. The molecule has 0 aliphatic carbocycles. The summed E-state index contributed by atoms with van der Waals surface area (Å²) < 4.78 is 4.01. The maximum atomic E-state index is 12.5. The predicted octanol–water partition coefficient (Wildman–Crippen LogP) is 0.493. The van der Waals surface area contributed by atoms with Gasteiger partial charge < -0.3 is 20.4 Å². The van der Waals surface area contributed by atoms with Crippen molar-refractivity contribution in [3.8, 4) is 0 Å². The van der Waals surface area contributed by atoms with Crippen LogP contribution in [0.2, 0.25) is 0 Å².